The summed E-state index contributed by atoms with van der Waals surface area (Å²) in [7, 11) is 0. The van der Waals surface area contributed by atoms with E-state index in [1.165, 1.54) is 71.6 Å². The monoisotopic (exact) mass is 865 g/mol. The lowest BCUT2D eigenvalue weighted by Crippen LogP contribution is -2.28. The third-order valence-corrected chi connectivity index (χ3v) is 14.5. The van der Waals surface area contributed by atoms with E-state index in [1.54, 1.807) is 0 Å². The van der Waals surface area contributed by atoms with E-state index >= 15 is 0 Å². The average molecular weight is 866 g/mol. The molecular weight excluding hydrogens is 823 g/mol. The highest BCUT2D eigenvalue weighted by molar-refractivity contribution is 6.13. The quantitative estimate of drug-likeness (QED) is 0.158. The molecule has 0 fully saturated rings. The maximum Gasteiger partial charge on any atom is 0.0747 e. The molecule has 0 aliphatic heterocycles. The van der Waals surface area contributed by atoms with Gasteiger partial charge < -0.3 is 14.4 Å². The van der Waals surface area contributed by atoms with E-state index in [1.807, 2.05) is 0 Å². The third-order valence-electron chi connectivity index (χ3n) is 14.5. The second-order valence-corrected chi connectivity index (χ2v) is 18.0. The molecule has 12 aromatic rings. The maximum absolute atomic E-state index is 2.54. The topological polar surface area (TPSA) is 11.4 Å². The van der Waals surface area contributed by atoms with Crippen LogP contribution in [0.5, 0.6) is 0 Å². The molecule has 1 aromatic heterocycles. The minimum Gasteiger partial charge on any atom is -0.310 e. The van der Waals surface area contributed by atoms with E-state index in [4.69, 9.17) is 0 Å². The van der Waals surface area contributed by atoms with Crippen molar-refractivity contribution in [1.29, 1.82) is 0 Å². The Kier molecular flexibility index (Phi) is 8.50. The van der Waals surface area contributed by atoms with Crippen molar-refractivity contribution >= 4 is 66.7 Å². The lowest BCUT2D eigenvalue weighted by atomic mass is 9.69. The van der Waals surface area contributed by atoms with Crippen molar-refractivity contribution in [2.24, 2.45) is 0 Å². The lowest BCUT2D eigenvalue weighted by Gasteiger charge is -2.36. The van der Waals surface area contributed by atoms with Crippen LogP contribution in [0.1, 0.15) is 22.3 Å². The van der Waals surface area contributed by atoms with Crippen LogP contribution in [0, 0.1) is 0 Å². The number of fused-ring (bicyclic) bond motifs is 15. The molecule has 1 heterocycles. The summed E-state index contributed by atoms with van der Waals surface area (Å²) < 4.78 is 2.43. The van der Waals surface area contributed by atoms with E-state index < -0.39 is 5.41 Å². The van der Waals surface area contributed by atoms with Gasteiger partial charge in [-0.05, 0) is 135 Å². The van der Waals surface area contributed by atoms with Gasteiger partial charge in [-0.1, -0.05) is 176 Å². The van der Waals surface area contributed by atoms with Crippen molar-refractivity contribution in [3.63, 3.8) is 0 Å². The molecule has 1 unspecified atom stereocenters. The van der Waals surface area contributed by atoms with Gasteiger partial charge in [-0.3, -0.25) is 0 Å². The Bertz CT molecular complexity index is 3870. The van der Waals surface area contributed by atoms with Gasteiger partial charge in [-0.25, -0.2) is 0 Å². The summed E-state index contributed by atoms with van der Waals surface area (Å²) in [6, 6.07) is 96.2. The van der Waals surface area contributed by atoms with Crippen molar-refractivity contribution in [2.75, 3.05) is 9.80 Å². The van der Waals surface area contributed by atoms with Gasteiger partial charge in [0.2, 0.25) is 0 Å². The number of nitrogens with zero attached hydrogens (tertiary/aromatic N) is 3. The van der Waals surface area contributed by atoms with Gasteiger partial charge in [0.05, 0.1) is 22.1 Å². The van der Waals surface area contributed by atoms with Gasteiger partial charge in [0.25, 0.3) is 0 Å². The van der Waals surface area contributed by atoms with Crippen LogP contribution in [0.15, 0.2) is 261 Å². The first kappa shape index (κ1) is 38.4. The van der Waals surface area contributed by atoms with E-state index in [2.05, 4.69) is 275 Å². The highest BCUT2D eigenvalue weighted by Crippen LogP contribution is 2.67. The first-order valence-electron chi connectivity index (χ1n) is 23.5. The molecule has 2 aliphatic rings. The fourth-order valence-electron chi connectivity index (χ4n) is 11.9. The van der Waals surface area contributed by atoms with Gasteiger partial charge in [0, 0.05) is 50.5 Å². The molecule has 0 bridgehead atoms. The highest BCUT2D eigenvalue weighted by atomic mass is 15.2. The zero-order valence-electron chi connectivity index (χ0n) is 37.2. The van der Waals surface area contributed by atoms with Crippen LogP contribution in [-0.4, -0.2) is 4.57 Å². The summed E-state index contributed by atoms with van der Waals surface area (Å²) in [6.07, 6.45) is 0. The normalized spacial score (nSPS) is 14.2. The summed E-state index contributed by atoms with van der Waals surface area (Å²) >= 11 is 0. The Morgan fingerprint density at radius 2 is 0.809 bits per heavy atom. The lowest BCUT2D eigenvalue weighted by molar-refractivity contribution is 0.793. The Labute approximate surface area is 395 Å². The second-order valence-electron chi connectivity index (χ2n) is 18.0. The minimum atomic E-state index is -0.678. The van der Waals surface area contributed by atoms with Crippen LogP contribution < -0.4 is 9.80 Å². The molecule has 3 nitrogen and oxygen atoms in total. The summed E-state index contributed by atoms with van der Waals surface area (Å²) in [6.45, 7) is 0. The molecule has 1 atom stereocenters. The Morgan fingerprint density at radius 3 is 1.51 bits per heavy atom. The van der Waals surface area contributed by atoms with Gasteiger partial charge in [-0.15, -0.1) is 0 Å². The number of hydrogen-bond donors (Lipinski definition) is 0. The Hall–Kier alpha value is -8.92. The Morgan fingerprint density at radius 1 is 0.309 bits per heavy atom. The molecule has 0 saturated heterocycles. The van der Waals surface area contributed by atoms with E-state index in [9.17, 15) is 0 Å². The molecule has 0 saturated carbocycles. The molecule has 2 aliphatic carbocycles. The number of anilines is 6. The van der Waals surface area contributed by atoms with Gasteiger partial charge in [0.15, 0.2) is 0 Å². The van der Waals surface area contributed by atoms with E-state index in [0.717, 1.165) is 45.3 Å². The maximum atomic E-state index is 2.54. The van der Waals surface area contributed by atoms with Crippen molar-refractivity contribution in [3.8, 4) is 27.9 Å². The van der Waals surface area contributed by atoms with Gasteiger partial charge >= 0.3 is 0 Å². The molecule has 0 N–H and O–H groups in total. The summed E-state index contributed by atoms with van der Waals surface area (Å²) in [5.74, 6) is 0. The molecule has 14 rings (SSSR count). The van der Waals surface area contributed by atoms with Crippen LogP contribution in [0.4, 0.5) is 34.1 Å². The van der Waals surface area contributed by atoms with Crippen LogP contribution in [0.2, 0.25) is 0 Å². The molecule has 0 radical (unpaired) electrons. The molecular formula is C65H43N3. The first-order chi connectivity index (χ1) is 33.8. The second kappa shape index (κ2) is 15.1. The Balaban J connectivity index is 1.11. The predicted octanol–water partition coefficient (Wildman–Crippen LogP) is 17.2. The molecule has 1 spiro atoms. The fraction of sp³-hybridized carbons (Fsp3) is 0.0154. The summed E-state index contributed by atoms with van der Waals surface area (Å²) in [5, 5.41) is 4.91. The molecule has 68 heavy (non-hydrogen) atoms. The summed E-state index contributed by atoms with van der Waals surface area (Å²) in [5.41, 5.74) is 19.7. The zero-order valence-corrected chi connectivity index (χ0v) is 37.2. The highest BCUT2D eigenvalue weighted by Gasteiger charge is 2.54. The smallest absolute Gasteiger partial charge is 0.0747 e. The SMILES string of the molecule is c1ccc(N(c2ccccc2)c2ccc3c(c2)C2(c4ccccc4-3)c3ccccc3-c3c2c(N(c2ccccc2)c2ccc4c5ccccc5n(-c5ccccc5)c4c2)cc2ccccc32)cc1. The van der Waals surface area contributed by atoms with Crippen molar-refractivity contribution < 1.29 is 0 Å². The van der Waals surface area contributed by atoms with Crippen LogP contribution in [0.3, 0.4) is 0 Å². The van der Waals surface area contributed by atoms with Crippen LogP contribution in [0.25, 0.3) is 60.5 Å². The number of para-hydroxylation sites is 5. The zero-order chi connectivity index (χ0) is 44.8. The number of benzene rings is 11. The fourth-order valence-corrected chi connectivity index (χ4v) is 11.9. The van der Waals surface area contributed by atoms with Crippen molar-refractivity contribution in [3.05, 3.63) is 283 Å². The van der Waals surface area contributed by atoms with Crippen LogP contribution in [-0.2, 0) is 5.41 Å². The standard InChI is InChI=1S/C65H43N3/c1-5-22-45(23-6-1)66(46-24-7-2-8-25-46)49-37-39-53-52-31-15-18-34-57(52)65(59(53)42-49)58-35-19-16-33-56(58)63-51-30-14-13-21-44(51)41-62(64(63)65)67(47-26-9-3-10-27-47)50-38-40-55-54-32-17-20-36-60(54)68(61(55)43-50)48-28-11-4-12-29-48/h1-43H. The molecule has 318 valence electrons. The third kappa shape index (κ3) is 5.47. The van der Waals surface area contributed by atoms with Crippen molar-refractivity contribution in [2.45, 2.75) is 5.41 Å². The predicted molar refractivity (Wildman–Crippen MR) is 284 cm³/mol. The average Bonchev–Trinajstić information content (AvgIpc) is 4.02. The number of rotatable bonds is 7. The molecule has 11 aromatic carbocycles. The number of hydrogen-bond acceptors (Lipinski definition) is 2. The molecule has 3 heteroatoms. The number of aromatic nitrogens is 1. The van der Waals surface area contributed by atoms with E-state index in [0.29, 0.717) is 0 Å². The molecule has 0 amide bonds. The summed E-state index contributed by atoms with van der Waals surface area (Å²) in [4.78, 5) is 4.94. The van der Waals surface area contributed by atoms with Gasteiger partial charge in [0.1, 0.15) is 0 Å². The van der Waals surface area contributed by atoms with Crippen LogP contribution >= 0.6 is 0 Å². The van der Waals surface area contributed by atoms with E-state index in [-0.39, 0.29) is 0 Å². The minimum absolute atomic E-state index is 0.678. The largest absolute Gasteiger partial charge is 0.310 e. The first-order valence-corrected chi connectivity index (χ1v) is 23.5. The van der Waals surface area contributed by atoms with Gasteiger partial charge in [-0.2, -0.15) is 0 Å². The van der Waals surface area contributed by atoms with Crippen molar-refractivity contribution in [1.82, 2.24) is 4.57 Å².